The van der Waals surface area contributed by atoms with Crippen molar-refractivity contribution in [3.05, 3.63) is 118 Å². The van der Waals surface area contributed by atoms with Crippen LogP contribution in [0.1, 0.15) is 60.9 Å². The van der Waals surface area contributed by atoms with Gasteiger partial charge in [0.15, 0.2) is 5.71 Å². The Hall–Kier alpha value is -5.22. The van der Waals surface area contributed by atoms with Crippen LogP contribution in [0.4, 0.5) is 13.2 Å². The molecule has 258 valence electrons. The number of carbonyl (C=O) groups is 1. The zero-order chi connectivity index (χ0) is 35.9. The van der Waals surface area contributed by atoms with E-state index in [2.05, 4.69) is 33.4 Å². The lowest BCUT2D eigenvalue weighted by atomic mass is 9.77. The molecule has 0 aliphatic rings. The molecule has 0 saturated heterocycles. The van der Waals surface area contributed by atoms with Gasteiger partial charge in [-0.1, -0.05) is 90.2 Å². The Morgan fingerprint density at radius 1 is 1.02 bits per heavy atom. The maximum atomic E-state index is 12.9. The third kappa shape index (κ3) is 10.9. The van der Waals surface area contributed by atoms with Crippen molar-refractivity contribution < 1.29 is 32.4 Å². The molecule has 0 bridgehead atoms. The van der Waals surface area contributed by atoms with Crippen molar-refractivity contribution >= 4 is 29.0 Å². The van der Waals surface area contributed by atoms with E-state index in [0.29, 0.717) is 22.7 Å². The predicted octanol–water partition coefficient (Wildman–Crippen LogP) is 7.75. The molecular weight excluding hydrogens is 661 g/mol. The van der Waals surface area contributed by atoms with Gasteiger partial charge >= 0.3 is 12.1 Å². The number of ether oxygens (including phenoxy) is 1. The first-order valence-electron chi connectivity index (χ1n) is 15.1. The van der Waals surface area contributed by atoms with Gasteiger partial charge in [-0.2, -0.15) is 23.5 Å². The molecule has 4 rings (SSSR count). The second kappa shape index (κ2) is 18.4. The molecule has 0 N–H and O–H groups in total. The number of carbonyl (C=O) groups excluding carboxylic acids is 1. The quantitative estimate of drug-likeness (QED) is 0.0795. The van der Waals surface area contributed by atoms with Crippen LogP contribution in [0, 0.1) is 11.3 Å². The second-order valence-electron chi connectivity index (χ2n) is 10.7. The Kier molecular flexibility index (Phi) is 14.3. The van der Waals surface area contributed by atoms with E-state index in [1.165, 1.54) is 39.6 Å². The fourth-order valence-corrected chi connectivity index (χ4v) is 4.87. The van der Waals surface area contributed by atoms with Crippen LogP contribution in [0.15, 0.2) is 95.8 Å². The highest BCUT2D eigenvalue weighted by Crippen LogP contribution is 2.32. The fourth-order valence-electron chi connectivity index (χ4n) is 4.74. The topological polar surface area (TPSA) is 124 Å². The van der Waals surface area contributed by atoms with Crippen molar-refractivity contribution in [2.75, 3.05) is 14.2 Å². The van der Waals surface area contributed by atoms with Crippen LogP contribution in [0.5, 0.6) is 0 Å². The van der Waals surface area contributed by atoms with E-state index >= 15 is 0 Å². The van der Waals surface area contributed by atoms with Crippen LogP contribution >= 0.6 is 11.6 Å². The van der Waals surface area contributed by atoms with Crippen molar-refractivity contribution in [2.45, 2.75) is 57.9 Å². The van der Waals surface area contributed by atoms with Crippen molar-refractivity contribution in [2.24, 2.45) is 10.3 Å². The van der Waals surface area contributed by atoms with Gasteiger partial charge in [0, 0.05) is 16.1 Å². The van der Waals surface area contributed by atoms with Crippen molar-refractivity contribution in [1.82, 2.24) is 14.8 Å². The van der Waals surface area contributed by atoms with Crippen molar-refractivity contribution in [1.29, 1.82) is 5.26 Å². The summed E-state index contributed by atoms with van der Waals surface area (Å²) in [6.07, 6.45) is 1.53. The van der Waals surface area contributed by atoms with Gasteiger partial charge in [-0.25, -0.2) is 9.78 Å². The molecule has 0 aliphatic heterocycles. The van der Waals surface area contributed by atoms with Gasteiger partial charge in [0.05, 0.1) is 31.0 Å². The Morgan fingerprint density at radius 2 is 1.76 bits per heavy atom. The highest BCUT2D eigenvalue weighted by molar-refractivity contribution is 6.43. The number of esters is 1. The Balaban J connectivity index is 0.000000284. The summed E-state index contributed by atoms with van der Waals surface area (Å²) in [7, 11) is 2.51. The molecule has 0 saturated carbocycles. The zero-order valence-corrected chi connectivity index (χ0v) is 28.2. The normalized spacial score (nSPS) is 13.0. The van der Waals surface area contributed by atoms with E-state index in [1.807, 2.05) is 24.3 Å². The lowest BCUT2D eigenvalue weighted by Gasteiger charge is -2.27. The lowest BCUT2D eigenvalue weighted by molar-refractivity contribution is -0.137. The van der Waals surface area contributed by atoms with Gasteiger partial charge in [0.1, 0.15) is 31.8 Å². The molecule has 1 heterocycles. The first kappa shape index (κ1) is 38.2. The number of hydrogen-bond donors (Lipinski definition) is 0. The summed E-state index contributed by atoms with van der Waals surface area (Å²) in [6, 6.07) is 21.6. The molecule has 0 amide bonds. The summed E-state index contributed by atoms with van der Waals surface area (Å²) in [5.74, 6) is -0.692. The minimum atomic E-state index is -4.44. The SMILES string of the molecule is CCCCC(C#N)(Cn1cncn1)c1ccc(Cl)cc1.CO/N=C(/C(=O)OC)c1ccccc1CO/N=C(\C)c1cccc(C(F)(F)F)c1. The molecule has 3 aromatic carbocycles. The smallest absolute Gasteiger partial charge is 0.416 e. The average molecular weight is 697 g/mol. The highest BCUT2D eigenvalue weighted by atomic mass is 35.5. The molecule has 0 radical (unpaired) electrons. The molecule has 1 atom stereocenters. The summed E-state index contributed by atoms with van der Waals surface area (Å²) in [5, 5.41) is 22.2. The van der Waals surface area contributed by atoms with Crippen LogP contribution in [0.3, 0.4) is 0 Å². The number of benzene rings is 3. The molecule has 4 aromatic rings. The monoisotopic (exact) mass is 696 g/mol. The standard InChI is InChI=1S/C20H19F3N2O4.C15H17ClN4/c1-13(14-8-6-9-16(11-14)20(21,22)23)24-29-12-15-7-4-5-10-17(15)18(25-28-3)19(26)27-2;1-2-3-8-15(9-17,10-20-12-18-11-19-20)13-4-6-14(16)7-5-13/h4-11H,12H2,1-3H3;4-7,11-12H,2-3,8,10H2,1H3/b24-13+,25-18+;. The number of aromatic nitrogens is 3. The number of nitriles is 1. The molecule has 1 aromatic heterocycles. The van der Waals surface area contributed by atoms with E-state index in [4.69, 9.17) is 26.0 Å². The van der Waals surface area contributed by atoms with E-state index in [1.54, 1.807) is 35.3 Å². The minimum Gasteiger partial charge on any atom is -0.464 e. The second-order valence-corrected chi connectivity index (χ2v) is 11.1. The van der Waals surface area contributed by atoms with Crippen molar-refractivity contribution in [3.8, 4) is 6.07 Å². The van der Waals surface area contributed by atoms with Gasteiger partial charge < -0.3 is 14.4 Å². The number of halogens is 4. The maximum absolute atomic E-state index is 12.9. The summed E-state index contributed by atoms with van der Waals surface area (Å²) in [5.41, 5.74) is 1.11. The number of rotatable bonds is 13. The van der Waals surface area contributed by atoms with E-state index in [0.717, 1.165) is 37.0 Å². The third-order valence-electron chi connectivity index (χ3n) is 7.33. The van der Waals surface area contributed by atoms with E-state index < -0.39 is 23.1 Å². The van der Waals surface area contributed by atoms with Crippen LogP contribution in [0.2, 0.25) is 5.02 Å². The molecule has 0 aliphatic carbocycles. The maximum Gasteiger partial charge on any atom is 0.416 e. The number of nitrogens with zero attached hydrogens (tertiary/aromatic N) is 6. The number of hydrogen-bond acceptors (Lipinski definition) is 9. The Bertz CT molecular complexity index is 1760. The third-order valence-corrected chi connectivity index (χ3v) is 7.58. The van der Waals surface area contributed by atoms with Gasteiger partial charge in [-0.3, -0.25) is 4.68 Å². The summed E-state index contributed by atoms with van der Waals surface area (Å²) in [6.45, 7) is 4.12. The summed E-state index contributed by atoms with van der Waals surface area (Å²) in [4.78, 5) is 25.9. The van der Waals surface area contributed by atoms with E-state index in [9.17, 15) is 23.2 Å². The Morgan fingerprint density at radius 3 is 2.37 bits per heavy atom. The van der Waals surface area contributed by atoms with Crippen LogP contribution < -0.4 is 0 Å². The van der Waals surface area contributed by atoms with E-state index in [-0.39, 0.29) is 23.6 Å². The Labute approximate surface area is 287 Å². The van der Waals surface area contributed by atoms with Gasteiger partial charge in [-0.05, 0) is 48.7 Å². The molecule has 0 spiro atoms. The fraction of sp³-hybridized carbons (Fsp3) is 0.314. The first-order chi connectivity index (χ1) is 23.5. The number of oxime groups is 2. The zero-order valence-electron chi connectivity index (χ0n) is 27.4. The first-order valence-corrected chi connectivity index (χ1v) is 15.5. The lowest BCUT2D eigenvalue weighted by Crippen LogP contribution is -2.30. The molecule has 10 nitrogen and oxygen atoms in total. The average Bonchev–Trinajstić information content (AvgIpc) is 3.62. The van der Waals surface area contributed by atoms with Gasteiger partial charge in [-0.15, -0.1) is 0 Å². The number of methoxy groups -OCH3 is 1. The summed E-state index contributed by atoms with van der Waals surface area (Å²) >= 11 is 5.94. The van der Waals surface area contributed by atoms with Gasteiger partial charge in [0.25, 0.3) is 0 Å². The number of alkyl halides is 3. The van der Waals surface area contributed by atoms with Crippen LogP contribution in [-0.2, 0) is 43.9 Å². The number of unbranched alkanes of at least 4 members (excludes halogenated alkanes) is 1. The highest BCUT2D eigenvalue weighted by Gasteiger charge is 2.33. The van der Waals surface area contributed by atoms with Crippen molar-refractivity contribution in [3.63, 3.8) is 0 Å². The largest absolute Gasteiger partial charge is 0.464 e. The molecule has 49 heavy (non-hydrogen) atoms. The molecule has 1 unspecified atom stereocenters. The molecule has 14 heteroatoms. The van der Waals surface area contributed by atoms with Crippen LogP contribution in [0.25, 0.3) is 0 Å². The van der Waals surface area contributed by atoms with Gasteiger partial charge in [0.2, 0.25) is 0 Å². The van der Waals surface area contributed by atoms with Crippen LogP contribution in [-0.4, -0.2) is 46.4 Å². The minimum absolute atomic E-state index is 0.0484. The molecule has 0 fully saturated rings. The predicted molar refractivity (Wildman–Crippen MR) is 179 cm³/mol. The molecular formula is C35H36ClF3N6O4. The summed E-state index contributed by atoms with van der Waals surface area (Å²) < 4.78 is 45.0.